The molecule has 0 radical (unpaired) electrons. The predicted molar refractivity (Wildman–Crippen MR) is 51.9 cm³/mol. The maximum Gasteiger partial charge on any atom is 0.0940 e. The summed E-state index contributed by atoms with van der Waals surface area (Å²) in [4.78, 5) is 3.83. The lowest BCUT2D eigenvalue weighted by Gasteiger charge is -1.92. The number of aliphatic imine (C=N–C) groups is 1. The fourth-order valence-corrected chi connectivity index (χ4v) is 0.738. The molecule has 0 saturated heterocycles. The van der Waals surface area contributed by atoms with Crippen LogP contribution in [-0.4, -0.2) is 6.72 Å². The van der Waals surface area contributed by atoms with Crippen LogP contribution in [0.3, 0.4) is 0 Å². The topological polar surface area (TPSA) is 36.1 Å². The highest BCUT2D eigenvalue weighted by atomic mass is 14.7. The summed E-state index contributed by atoms with van der Waals surface area (Å²) in [5, 5.41) is 8.44. The van der Waals surface area contributed by atoms with Gasteiger partial charge in [0.1, 0.15) is 0 Å². The van der Waals surface area contributed by atoms with E-state index in [9.17, 15) is 0 Å². The largest absolute Gasteiger partial charge is 0.269 e. The Balaban J connectivity index is 4.05. The van der Waals surface area contributed by atoms with Gasteiger partial charge in [0.2, 0.25) is 0 Å². The second-order valence-electron chi connectivity index (χ2n) is 2.44. The van der Waals surface area contributed by atoms with Gasteiger partial charge in [0.25, 0.3) is 0 Å². The monoisotopic (exact) mass is 162 g/mol. The predicted octanol–water partition coefficient (Wildman–Crippen LogP) is 2.84. The molecule has 0 fully saturated rings. The Kier molecular flexibility index (Phi) is 5.64. The Bertz CT molecular complexity index is 241. The average Bonchev–Trinajstić information content (AvgIpc) is 2.12. The van der Waals surface area contributed by atoms with Gasteiger partial charge < -0.3 is 0 Å². The van der Waals surface area contributed by atoms with Crippen LogP contribution in [0.4, 0.5) is 0 Å². The Hall–Kier alpha value is -1.36. The molecule has 0 aliphatic rings. The molecule has 0 rings (SSSR count). The Morgan fingerprint density at radius 3 is 2.67 bits per heavy atom. The minimum absolute atomic E-state index is 0.741. The third-order valence-corrected chi connectivity index (χ3v) is 1.52. The standard InChI is InChI=1S/C10H14N2/c1-4-10(12-3)7-5-6-9(2)8-11/h6-7H,3-5H2,1-2H3/b9-6-,10-7-. The SMILES string of the molecule is C=N/C(=C\C/C=C(/C)C#N)CC. The molecule has 0 bridgehead atoms. The number of nitrogens with zero attached hydrogens (tertiary/aromatic N) is 2. The van der Waals surface area contributed by atoms with E-state index in [2.05, 4.69) is 17.8 Å². The van der Waals surface area contributed by atoms with Crippen molar-refractivity contribution in [3.8, 4) is 6.07 Å². The van der Waals surface area contributed by atoms with E-state index in [0.29, 0.717) is 0 Å². The number of allylic oxidation sites excluding steroid dienone is 4. The van der Waals surface area contributed by atoms with Crippen LogP contribution in [0.1, 0.15) is 26.7 Å². The van der Waals surface area contributed by atoms with Gasteiger partial charge in [-0.3, -0.25) is 4.99 Å². The molecule has 0 spiro atoms. The first kappa shape index (κ1) is 10.6. The zero-order valence-electron chi connectivity index (χ0n) is 7.67. The van der Waals surface area contributed by atoms with Gasteiger partial charge in [-0.05, 0) is 26.5 Å². The normalized spacial score (nSPS) is 12.4. The second-order valence-corrected chi connectivity index (χ2v) is 2.44. The van der Waals surface area contributed by atoms with E-state index in [1.165, 1.54) is 0 Å². The first-order valence-electron chi connectivity index (χ1n) is 3.97. The van der Waals surface area contributed by atoms with E-state index in [4.69, 9.17) is 5.26 Å². The van der Waals surface area contributed by atoms with Gasteiger partial charge in [-0.15, -0.1) is 0 Å². The van der Waals surface area contributed by atoms with Crippen LogP contribution in [0.5, 0.6) is 0 Å². The summed E-state index contributed by atoms with van der Waals surface area (Å²) < 4.78 is 0. The molecular weight excluding hydrogens is 148 g/mol. The van der Waals surface area contributed by atoms with Crippen molar-refractivity contribution in [3.05, 3.63) is 23.4 Å². The Morgan fingerprint density at radius 2 is 2.25 bits per heavy atom. The molecule has 0 aromatic carbocycles. The molecule has 64 valence electrons. The van der Waals surface area contributed by atoms with Crippen molar-refractivity contribution in [1.82, 2.24) is 0 Å². The molecule has 12 heavy (non-hydrogen) atoms. The zero-order chi connectivity index (χ0) is 9.40. The fraction of sp³-hybridized carbons (Fsp3) is 0.400. The molecule has 0 aliphatic heterocycles. The van der Waals surface area contributed by atoms with E-state index in [1.807, 2.05) is 19.1 Å². The fourth-order valence-electron chi connectivity index (χ4n) is 0.738. The highest BCUT2D eigenvalue weighted by Crippen LogP contribution is 2.04. The molecule has 2 heteroatoms. The van der Waals surface area contributed by atoms with Crippen LogP contribution in [0.15, 0.2) is 28.4 Å². The first-order chi connectivity index (χ1) is 5.74. The van der Waals surface area contributed by atoms with Gasteiger partial charge in [-0.2, -0.15) is 5.26 Å². The van der Waals surface area contributed by atoms with Crippen molar-refractivity contribution in [2.24, 2.45) is 4.99 Å². The van der Waals surface area contributed by atoms with Crippen molar-refractivity contribution < 1.29 is 0 Å². The first-order valence-corrected chi connectivity index (χ1v) is 3.97. The summed E-state index contributed by atoms with van der Waals surface area (Å²) in [6, 6.07) is 2.06. The van der Waals surface area contributed by atoms with Crippen molar-refractivity contribution in [3.63, 3.8) is 0 Å². The molecule has 0 heterocycles. The van der Waals surface area contributed by atoms with Crippen LogP contribution in [0, 0.1) is 11.3 Å². The third kappa shape index (κ3) is 4.45. The molecule has 2 nitrogen and oxygen atoms in total. The van der Waals surface area contributed by atoms with Crippen molar-refractivity contribution in [2.45, 2.75) is 26.7 Å². The molecule has 0 aromatic rings. The highest BCUT2D eigenvalue weighted by Gasteiger charge is 1.86. The van der Waals surface area contributed by atoms with Crippen molar-refractivity contribution in [2.75, 3.05) is 0 Å². The van der Waals surface area contributed by atoms with Gasteiger partial charge in [0.15, 0.2) is 0 Å². The molecule has 0 amide bonds. The lowest BCUT2D eigenvalue weighted by molar-refractivity contribution is 1.05. The van der Waals surface area contributed by atoms with E-state index in [1.54, 1.807) is 6.92 Å². The molecule has 0 N–H and O–H groups in total. The van der Waals surface area contributed by atoms with Crippen molar-refractivity contribution >= 4 is 6.72 Å². The Labute approximate surface area is 73.9 Å². The summed E-state index contributed by atoms with van der Waals surface area (Å²) >= 11 is 0. The summed E-state index contributed by atoms with van der Waals surface area (Å²) in [7, 11) is 0. The molecule has 0 aliphatic carbocycles. The van der Waals surface area contributed by atoms with Gasteiger partial charge in [-0.1, -0.05) is 19.1 Å². The van der Waals surface area contributed by atoms with E-state index in [-0.39, 0.29) is 0 Å². The van der Waals surface area contributed by atoms with Crippen LogP contribution in [0.25, 0.3) is 0 Å². The van der Waals surface area contributed by atoms with Crippen molar-refractivity contribution in [1.29, 1.82) is 5.26 Å². The molecular formula is C10H14N2. The number of rotatable bonds is 4. The Morgan fingerprint density at radius 1 is 1.58 bits per heavy atom. The van der Waals surface area contributed by atoms with E-state index < -0.39 is 0 Å². The van der Waals surface area contributed by atoms with Crippen LogP contribution < -0.4 is 0 Å². The third-order valence-electron chi connectivity index (χ3n) is 1.52. The molecule has 0 unspecified atom stereocenters. The smallest absolute Gasteiger partial charge is 0.0940 e. The summed E-state index contributed by atoms with van der Waals surface area (Å²) in [6.07, 6.45) is 5.51. The number of nitriles is 1. The number of hydrogen-bond acceptors (Lipinski definition) is 2. The zero-order valence-corrected chi connectivity index (χ0v) is 7.67. The minimum atomic E-state index is 0.741. The number of hydrogen-bond donors (Lipinski definition) is 0. The average molecular weight is 162 g/mol. The summed E-state index contributed by atoms with van der Waals surface area (Å²) in [5.41, 5.74) is 1.72. The van der Waals surface area contributed by atoms with Crippen LogP contribution in [-0.2, 0) is 0 Å². The molecule has 0 atom stereocenters. The van der Waals surface area contributed by atoms with E-state index in [0.717, 1.165) is 24.1 Å². The van der Waals surface area contributed by atoms with Crippen LogP contribution in [0.2, 0.25) is 0 Å². The maximum atomic E-state index is 8.44. The molecule has 0 saturated carbocycles. The van der Waals surface area contributed by atoms with Gasteiger partial charge in [0, 0.05) is 11.3 Å². The molecule has 0 aromatic heterocycles. The highest BCUT2D eigenvalue weighted by molar-refractivity contribution is 5.29. The lowest BCUT2D eigenvalue weighted by Crippen LogP contribution is -1.74. The van der Waals surface area contributed by atoms with Gasteiger partial charge >= 0.3 is 0 Å². The maximum absolute atomic E-state index is 8.44. The summed E-state index contributed by atoms with van der Waals surface area (Å²) in [5.74, 6) is 0. The minimum Gasteiger partial charge on any atom is -0.269 e. The van der Waals surface area contributed by atoms with E-state index >= 15 is 0 Å². The summed E-state index contributed by atoms with van der Waals surface area (Å²) in [6.45, 7) is 7.27. The lowest BCUT2D eigenvalue weighted by atomic mass is 10.2. The van der Waals surface area contributed by atoms with Gasteiger partial charge in [0.05, 0.1) is 6.07 Å². The second kappa shape index (κ2) is 6.36. The van der Waals surface area contributed by atoms with Gasteiger partial charge in [-0.25, -0.2) is 0 Å². The van der Waals surface area contributed by atoms with Crippen LogP contribution >= 0.6 is 0 Å². The quantitative estimate of drug-likeness (QED) is 0.462.